The molecule has 108 valence electrons. The van der Waals surface area contributed by atoms with Gasteiger partial charge in [0, 0.05) is 0 Å². The van der Waals surface area contributed by atoms with Gasteiger partial charge in [-0.25, -0.2) is 0 Å². The monoisotopic (exact) mass is 389 g/mol. The second kappa shape index (κ2) is 4.83. The van der Waals surface area contributed by atoms with Gasteiger partial charge in [-0.2, -0.15) is 0 Å². The summed E-state index contributed by atoms with van der Waals surface area (Å²) in [6.07, 6.45) is 0. The van der Waals surface area contributed by atoms with Crippen molar-refractivity contribution in [1.29, 1.82) is 0 Å². The molecule has 1 rings (SSSR count). The Labute approximate surface area is 121 Å². The van der Waals surface area contributed by atoms with E-state index in [1.165, 1.54) is 0 Å². The Balaban J connectivity index is 3.21. The van der Waals surface area contributed by atoms with E-state index in [2.05, 4.69) is 68.2 Å². The van der Waals surface area contributed by atoms with Gasteiger partial charge >= 0.3 is 121 Å². The number of hydrogen-bond donors (Lipinski definition) is 0. The van der Waals surface area contributed by atoms with Crippen LogP contribution in [-0.4, -0.2) is 50.9 Å². The van der Waals surface area contributed by atoms with Gasteiger partial charge in [0.2, 0.25) is 0 Å². The van der Waals surface area contributed by atoms with E-state index in [0.29, 0.717) is 0 Å². The Kier molecular flexibility index (Phi) is 4.46. The minimum absolute atomic E-state index is 0.0480. The molecule has 4 nitrogen and oxygen atoms in total. The quantitative estimate of drug-likeness (QED) is 0.600. The number of nitrogens with zero attached hydrogens (tertiary/aromatic N) is 3. The van der Waals surface area contributed by atoms with Crippen molar-refractivity contribution < 1.29 is 3.83 Å². The van der Waals surface area contributed by atoms with Gasteiger partial charge in [0.05, 0.1) is 0 Å². The normalized spacial score (nSPS) is 28.1. The summed E-state index contributed by atoms with van der Waals surface area (Å²) in [5.41, 5.74) is -0.162. The average molecular weight is 387 g/mol. The Bertz CT molecular complexity index is 360. The molecule has 0 radical (unpaired) electrons. The van der Waals surface area contributed by atoms with Gasteiger partial charge in [-0.1, -0.05) is 0 Å². The molecule has 0 aromatic heterocycles. The van der Waals surface area contributed by atoms with Gasteiger partial charge in [0.1, 0.15) is 0 Å². The molecule has 6 heteroatoms. The molecule has 1 saturated heterocycles. The van der Waals surface area contributed by atoms with E-state index in [1.807, 2.05) is 0 Å². The van der Waals surface area contributed by atoms with E-state index in [9.17, 15) is 3.83 Å². The topological polar surface area (TPSA) is 35.9 Å². The van der Waals surface area contributed by atoms with Crippen LogP contribution in [-0.2, 0) is 3.83 Å². The third-order valence-electron chi connectivity index (χ3n) is 2.03. The van der Waals surface area contributed by atoms with Crippen LogP contribution >= 0.6 is 0 Å². The van der Waals surface area contributed by atoms with Crippen molar-refractivity contribution in [2.45, 2.75) is 78.9 Å². The van der Waals surface area contributed by atoms with Crippen LogP contribution in [0.4, 0.5) is 0 Å². The van der Waals surface area contributed by atoms with Crippen LogP contribution in [0.1, 0.15) is 62.3 Å². The van der Waals surface area contributed by atoms with Gasteiger partial charge < -0.3 is 0 Å². The fraction of sp³-hybridized carbons (Fsp3) is 1.00. The SMILES string of the molecule is CC(C)(C)N=[Se]1N(C(C)(C)C)[Se](=O)N1C(C)(C)C. The first-order valence-corrected chi connectivity index (χ1v) is 10.8. The van der Waals surface area contributed by atoms with E-state index in [0.717, 1.165) is 0 Å². The van der Waals surface area contributed by atoms with Crippen molar-refractivity contribution >= 4 is 28.4 Å². The summed E-state index contributed by atoms with van der Waals surface area (Å²) in [5, 5.41) is 0. The van der Waals surface area contributed by atoms with E-state index >= 15 is 0 Å². The van der Waals surface area contributed by atoms with Crippen LogP contribution in [0.25, 0.3) is 0 Å². The third-order valence-corrected chi connectivity index (χ3v) is 16.2. The molecule has 0 aromatic carbocycles. The summed E-state index contributed by atoms with van der Waals surface area (Å²) in [5.74, 6) is 0. The van der Waals surface area contributed by atoms with Crippen LogP contribution in [0.2, 0.25) is 0 Å². The van der Waals surface area contributed by atoms with E-state index < -0.39 is 28.4 Å². The van der Waals surface area contributed by atoms with Gasteiger partial charge in [-0.3, -0.25) is 0 Å². The van der Waals surface area contributed by atoms with Gasteiger partial charge in [-0.05, 0) is 0 Å². The van der Waals surface area contributed by atoms with Crippen molar-refractivity contribution in [3.05, 3.63) is 0 Å². The maximum atomic E-state index is 12.6. The van der Waals surface area contributed by atoms with Gasteiger partial charge in [0.25, 0.3) is 0 Å². The summed E-state index contributed by atoms with van der Waals surface area (Å²) in [7, 11) is 0. The molecule has 0 aliphatic carbocycles. The standard InChI is InChI=1S/C12H27N3OSe2/c1-10(2,3)13-17-14(11(4,5)6)18(16)15(17)12(7,8)9/h1-9H3. The van der Waals surface area contributed by atoms with Crippen LogP contribution in [0.5, 0.6) is 0 Å². The van der Waals surface area contributed by atoms with Crippen LogP contribution < -0.4 is 0 Å². The van der Waals surface area contributed by atoms with Gasteiger partial charge in [-0.15, -0.1) is 0 Å². The first-order valence-electron chi connectivity index (χ1n) is 6.25. The van der Waals surface area contributed by atoms with Crippen molar-refractivity contribution in [2.75, 3.05) is 0 Å². The molecule has 0 spiro atoms. The second-order valence-corrected chi connectivity index (χ2v) is 15.4. The van der Waals surface area contributed by atoms with E-state index in [1.54, 1.807) is 0 Å². The van der Waals surface area contributed by atoms with Crippen molar-refractivity contribution in [1.82, 2.24) is 5.87 Å². The molecule has 0 amide bonds. The minimum atomic E-state index is -2.07. The second-order valence-electron chi connectivity index (χ2n) is 7.59. The summed E-state index contributed by atoms with van der Waals surface area (Å²) < 4.78 is 21.9. The van der Waals surface area contributed by atoms with Crippen LogP contribution in [0, 0.1) is 0 Å². The molecule has 0 saturated carbocycles. The zero-order valence-corrected chi connectivity index (χ0v) is 16.5. The van der Waals surface area contributed by atoms with Crippen LogP contribution in [0.3, 0.4) is 0 Å². The number of rotatable bonds is 0. The fourth-order valence-electron chi connectivity index (χ4n) is 1.50. The Morgan fingerprint density at radius 3 is 1.33 bits per heavy atom. The molecular weight excluding hydrogens is 360 g/mol. The van der Waals surface area contributed by atoms with Crippen molar-refractivity contribution in [3.8, 4) is 0 Å². The summed E-state index contributed by atoms with van der Waals surface area (Å²) in [4.78, 5) is 0. The van der Waals surface area contributed by atoms with E-state index in [4.69, 9.17) is 3.96 Å². The molecular formula is C12H27N3OSe2. The van der Waals surface area contributed by atoms with E-state index in [-0.39, 0.29) is 16.6 Å². The first kappa shape index (κ1) is 16.6. The van der Waals surface area contributed by atoms with Crippen molar-refractivity contribution in [3.63, 3.8) is 0 Å². The zero-order valence-electron chi connectivity index (χ0n) is 13.1. The molecule has 0 atom stereocenters. The molecule has 1 aliphatic heterocycles. The van der Waals surface area contributed by atoms with Crippen molar-refractivity contribution in [2.24, 2.45) is 3.96 Å². The summed E-state index contributed by atoms with van der Waals surface area (Å²) in [6, 6.07) is 0. The van der Waals surface area contributed by atoms with Gasteiger partial charge in [0.15, 0.2) is 0 Å². The molecule has 0 aromatic rings. The van der Waals surface area contributed by atoms with Crippen LogP contribution in [0.15, 0.2) is 3.96 Å². The Hall–Kier alpha value is 0.559. The summed E-state index contributed by atoms with van der Waals surface area (Å²) in [6.45, 7) is 19.2. The molecule has 0 N–H and O–H groups in total. The number of hydrogen-bond acceptors (Lipinski definition) is 2. The molecule has 1 aliphatic rings. The molecule has 1 fully saturated rings. The molecule has 0 bridgehead atoms. The first-order chi connectivity index (χ1) is 7.75. The molecule has 18 heavy (non-hydrogen) atoms. The Morgan fingerprint density at radius 2 is 1.11 bits per heavy atom. The average Bonchev–Trinajstić information content (AvgIpc) is 1.92. The maximum absolute atomic E-state index is 12.6. The summed E-state index contributed by atoms with van der Waals surface area (Å²) >= 11 is -3.54. The predicted octanol–water partition coefficient (Wildman–Crippen LogP) is 2.67. The fourth-order valence-corrected chi connectivity index (χ4v) is 12.6. The Morgan fingerprint density at radius 1 is 0.778 bits per heavy atom. The molecule has 1 heterocycles. The predicted molar refractivity (Wildman–Crippen MR) is 77.6 cm³/mol. The third kappa shape index (κ3) is 3.56. The zero-order chi connectivity index (χ0) is 14.5. The molecule has 0 unspecified atom stereocenters.